The number of nitrogens with one attached hydrogen (secondary N) is 2. The van der Waals surface area contributed by atoms with Gasteiger partial charge in [-0.05, 0) is 13.8 Å². The number of amides is 1. The Balaban J connectivity index is 1.39. The quantitative estimate of drug-likeness (QED) is 0.600. The van der Waals surface area contributed by atoms with E-state index >= 15 is 0 Å². The Morgan fingerprint density at radius 2 is 2.00 bits per heavy atom. The topological polar surface area (TPSA) is 96.6 Å². The highest BCUT2D eigenvalue weighted by Gasteiger charge is 2.57. The lowest BCUT2D eigenvalue weighted by Crippen LogP contribution is -2.34. The average Bonchev–Trinajstić information content (AvgIpc) is 3.09. The van der Waals surface area contributed by atoms with E-state index in [9.17, 15) is 9.59 Å². The van der Waals surface area contributed by atoms with Gasteiger partial charge in [0, 0.05) is 43.8 Å². The highest BCUT2D eigenvalue weighted by atomic mass is 35.5. The van der Waals surface area contributed by atoms with Crippen LogP contribution in [0.15, 0.2) is 0 Å². The Labute approximate surface area is 187 Å². The minimum Gasteiger partial charge on any atom is -0.462 e. The number of hydrogen-bond acceptors (Lipinski definition) is 7. The van der Waals surface area contributed by atoms with Gasteiger partial charge < -0.3 is 24.7 Å². The predicted molar refractivity (Wildman–Crippen MR) is 115 cm³/mol. The molecular weight excluding hydrogens is 451 g/mol. The zero-order valence-electron chi connectivity index (χ0n) is 16.8. The number of rotatable bonds is 7. The first-order chi connectivity index (χ1) is 14.3. The van der Waals surface area contributed by atoms with Crippen LogP contribution in [-0.4, -0.2) is 54.7 Å². The number of aromatic nitrogens is 2. The molecule has 1 aliphatic carbocycles. The molecule has 2 aromatic heterocycles. The highest BCUT2D eigenvalue weighted by Crippen LogP contribution is 2.48. The summed E-state index contributed by atoms with van der Waals surface area (Å²) >= 11 is 13.5. The number of halogens is 2. The van der Waals surface area contributed by atoms with Gasteiger partial charge in [0.05, 0.1) is 29.0 Å². The van der Waals surface area contributed by atoms with Gasteiger partial charge in [0.2, 0.25) is 0 Å². The van der Waals surface area contributed by atoms with E-state index in [1.165, 1.54) is 11.3 Å². The van der Waals surface area contributed by atoms with Crippen molar-refractivity contribution < 1.29 is 19.1 Å². The molecule has 1 amide bonds. The van der Waals surface area contributed by atoms with Crippen LogP contribution in [0.2, 0.25) is 10.0 Å². The molecule has 0 spiro atoms. The Bertz CT molecular complexity index is 980. The van der Waals surface area contributed by atoms with Crippen LogP contribution in [0, 0.1) is 18.8 Å². The molecule has 11 heteroatoms. The number of piperidine rings is 1. The second-order valence-electron chi connectivity index (χ2n) is 7.41. The Morgan fingerprint density at radius 3 is 2.57 bits per heavy atom. The van der Waals surface area contributed by atoms with E-state index in [0.29, 0.717) is 45.4 Å². The third kappa shape index (κ3) is 3.79. The molecule has 4 rings (SSSR count). The first-order valence-corrected chi connectivity index (χ1v) is 11.2. The number of carbonyl (C=O) groups excluding carboxylic acids is 2. The number of aryl methyl sites for hydroxylation is 1. The van der Waals surface area contributed by atoms with Gasteiger partial charge in [-0.15, -0.1) is 0 Å². The molecule has 1 saturated heterocycles. The van der Waals surface area contributed by atoms with Gasteiger partial charge in [0.25, 0.3) is 5.91 Å². The summed E-state index contributed by atoms with van der Waals surface area (Å²) in [6.07, 6.45) is 0. The lowest BCUT2D eigenvalue weighted by molar-refractivity contribution is 0.0527. The maximum absolute atomic E-state index is 12.5. The van der Waals surface area contributed by atoms with Crippen LogP contribution >= 0.6 is 34.5 Å². The molecule has 162 valence electrons. The minimum atomic E-state index is -0.375. The van der Waals surface area contributed by atoms with E-state index in [2.05, 4.69) is 20.2 Å². The van der Waals surface area contributed by atoms with Crippen LogP contribution in [0.1, 0.15) is 38.5 Å². The van der Waals surface area contributed by atoms with Gasteiger partial charge in [-0.3, -0.25) is 4.79 Å². The summed E-state index contributed by atoms with van der Waals surface area (Å²) in [4.78, 5) is 34.9. The van der Waals surface area contributed by atoms with Crippen LogP contribution in [0.25, 0.3) is 0 Å². The van der Waals surface area contributed by atoms with E-state index in [1.807, 2.05) is 0 Å². The smallest absolute Gasteiger partial charge is 0.350 e. The van der Waals surface area contributed by atoms with Crippen molar-refractivity contribution in [3.63, 3.8) is 0 Å². The first kappa shape index (κ1) is 21.4. The molecular formula is C19H22Cl2N4O4S. The molecule has 2 fully saturated rings. The number of esters is 1. The number of anilines is 1. The monoisotopic (exact) mass is 472 g/mol. The molecule has 2 aromatic rings. The molecule has 2 N–H and O–H groups in total. The van der Waals surface area contributed by atoms with Crippen molar-refractivity contribution in [1.82, 2.24) is 15.3 Å². The normalized spacial score (nSPS) is 22.2. The minimum absolute atomic E-state index is 0.0927. The van der Waals surface area contributed by atoms with Gasteiger partial charge >= 0.3 is 5.97 Å². The predicted octanol–water partition coefficient (Wildman–Crippen LogP) is 3.27. The van der Waals surface area contributed by atoms with E-state index in [0.717, 1.165) is 18.2 Å². The molecule has 3 atom stereocenters. The van der Waals surface area contributed by atoms with Crippen molar-refractivity contribution in [2.75, 3.05) is 31.7 Å². The van der Waals surface area contributed by atoms with Crippen LogP contribution in [0.5, 0.6) is 0 Å². The van der Waals surface area contributed by atoms with Crippen molar-refractivity contribution in [3.8, 4) is 0 Å². The summed E-state index contributed by atoms with van der Waals surface area (Å²) in [5.74, 6) is 0.0434. The number of aromatic amines is 1. The summed E-state index contributed by atoms with van der Waals surface area (Å²) in [5, 5.41) is 4.44. The average molecular weight is 473 g/mol. The third-order valence-corrected chi connectivity index (χ3v) is 7.56. The van der Waals surface area contributed by atoms with E-state index < -0.39 is 0 Å². The zero-order chi connectivity index (χ0) is 21.6. The van der Waals surface area contributed by atoms with Crippen LogP contribution in [0.3, 0.4) is 0 Å². The Kier molecular flexibility index (Phi) is 5.98. The third-order valence-electron chi connectivity index (χ3n) is 5.47. The standard InChI is InChI=1S/C19H22Cl2N4O4S/c1-4-29-18(27)16-11(7-28-3)23-19(30-16)25-5-9-10(6-25)14(9)24-17(26)15-13(21)12(20)8(2)22-15/h9-10,14,22H,4-7H2,1-3H3,(H,24,26)/t9-,10+,14+. The first-order valence-electron chi connectivity index (χ1n) is 9.60. The molecule has 0 bridgehead atoms. The Hall–Kier alpha value is -1.81. The van der Waals surface area contributed by atoms with Crippen LogP contribution in [-0.2, 0) is 16.1 Å². The number of fused-ring (bicyclic) bond motifs is 1. The number of H-pyrrole nitrogens is 1. The number of methoxy groups -OCH3 is 1. The molecule has 30 heavy (non-hydrogen) atoms. The maximum atomic E-state index is 12.5. The number of hydrogen-bond donors (Lipinski definition) is 2. The number of nitrogens with zero attached hydrogens (tertiary/aromatic N) is 2. The summed E-state index contributed by atoms with van der Waals surface area (Å²) in [5.41, 5.74) is 1.56. The fourth-order valence-corrected chi connectivity index (χ4v) is 5.31. The largest absolute Gasteiger partial charge is 0.462 e. The van der Waals surface area contributed by atoms with Gasteiger partial charge in [-0.1, -0.05) is 34.5 Å². The van der Waals surface area contributed by atoms with Crippen molar-refractivity contribution in [3.05, 3.63) is 32.0 Å². The second-order valence-corrected chi connectivity index (χ2v) is 9.14. The van der Waals surface area contributed by atoms with E-state index in [1.54, 1.807) is 21.0 Å². The van der Waals surface area contributed by atoms with Crippen molar-refractivity contribution >= 4 is 51.5 Å². The summed E-state index contributed by atoms with van der Waals surface area (Å²) in [7, 11) is 1.57. The lowest BCUT2D eigenvalue weighted by Gasteiger charge is -2.19. The number of ether oxygens (including phenoxy) is 2. The van der Waals surface area contributed by atoms with E-state index in [4.69, 9.17) is 32.7 Å². The molecule has 1 aliphatic heterocycles. The molecule has 0 aromatic carbocycles. The molecule has 3 heterocycles. The second kappa shape index (κ2) is 8.37. The molecule has 2 aliphatic rings. The van der Waals surface area contributed by atoms with Crippen molar-refractivity contribution in [2.24, 2.45) is 11.8 Å². The molecule has 0 unspecified atom stereocenters. The van der Waals surface area contributed by atoms with E-state index in [-0.39, 0.29) is 29.5 Å². The molecule has 8 nitrogen and oxygen atoms in total. The van der Waals surface area contributed by atoms with Crippen molar-refractivity contribution in [1.29, 1.82) is 0 Å². The van der Waals surface area contributed by atoms with Gasteiger partial charge in [-0.25, -0.2) is 9.78 Å². The summed E-state index contributed by atoms with van der Waals surface area (Å²) < 4.78 is 10.3. The van der Waals surface area contributed by atoms with Gasteiger partial charge in [-0.2, -0.15) is 0 Å². The number of carbonyl (C=O) groups is 2. The summed E-state index contributed by atoms with van der Waals surface area (Å²) in [6.45, 7) is 5.62. The SMILES string of the molecule is CCOC(=O)c1sc(N2C[C@@H]3[C@H](C2)[C@H]3NC(=O)c2[nH]c(C)c(Cl)c2Cl)nc1COC. The highest BCUT2D eigenvalue weighted by molar-refractivity contribution is 7.17. The lowest BCUT2D eigenvalue weighted by atomic mass is 10.3. The summed E-state index contributed by atoms with van der Waals surface area (Å²) in [6, 6.07) is 0.0927. The van der Waals surface area contributed by atoms with Crippen molar-refractivity contribution in [2.45, 2.75) is 26.5 Å². The fourth-order valence-electron chi connectivity index (χ4n) is 3.91. The Morgan fingerprint density at radius 1 is 1.30 bits per heavy atom. The maximum Gasteiger partial charge on any atom is 0.350 e. The van der Waals surface area contributed by atoms with Gasteiger partial charge in [0.15, 0.2) is 5.13 Å². The van der Waals surface area contributed by atoms with Crippen LogP contribution in [0.4, 0.5) is 5.13 Å². The molecule has 0 radical (unpaired) electrons. The van der Waals surface area contributed by atoms with Gasteiger partial charge in [0.1, 0.15) is 10.6 Å². The number of thiazole rings is 1. The molecule has 1 saturated carbocycles. The fraction of sp³-hybridized carbons (Fsp3) is 0.526. The zero-order valence-corrected chi connectivity index (χ0v) is 19.1. The van der Waals surface area contributed by atoms with Crippen LogP contribution < -0.4 is 10.2 Å².